The van der Waals surface area contributed by atoms with E-state index in [1.807, 2.05) is 30.3 Å². The summed E-state index contributed by atoms with van der Waals surface area (Å²) in [5.74, 6) is -1.28. The van der Waals surface area contributed by atoms with Crippen LogP contribution in [-0.2, 0) is 16.0 Å². The van der Waals surface area contributed by atoms with Gasteiger partial charge in [-0.2, -0.15) is 0 Å². The number of hydrogen-bond donors (Lipinski definition) is 1. The number of benzene rings is 1. The summed E-state index contributed by atoms with van der Waals surface area (Å²) in [6, 6.07) is 9.07. The number of carbonyl (C=O) groups excluding carboxylic acids is 1. The topological polar surface area (TPSA) is 79.7 Å². The second-order valence-electron chi connectivity index (χ2n) is 6.09. The van der Waals surface area contributed by atoms with Crippen LogP contribution in [0.25, 0.3) is 0 Å². The van der Waals surface area contributed by atoms with Crippen molar-refractivity contribution in [2.24, 2.45) is 0 Å². The van der Waals surface area contributed by atoms with E-state index in [2.05, 4.69) is 4.98 Å². The Labute approximate surface area is 150 Å². The van der Waals surface area contributed by atoms with Crippen LogP contribution in [0.15, 0.2) is 30.3 Å². The van der Waals surface area contributed by atoms with Gasteiger partial charge in [-0.25, -0.2) is 9.78 Å². The van der Waals surface area contributed by atoms with Crippen LogP contribution >= 0.6 is 11.3 Å². The van der Waals surface area contributed by atoms with Crippen molar-refractivity contribution in [2.45, 2.75) is 31.9 Å². The summed E-state index contributed by atoms with van der Waals surface area (Å²) in [6.45, 7) is 2.08. The standard InChI is InChI=1S/C18H20N2O4S/c1-11-16(25-15(19-11)8-12-6-4-3-5-7-12)17(21)20-10-13(24-2)9-14(20)18(22)23/h3-7,13-14H,8-10H2,1-2H3,(H,22,23). The fourth-order valence-electron chi connectivity index (χ4n) is 3.05. The van der Waals surface area contributed by atoms with Gasteiger partial charge in [-0.15, -0.1) is 11.3 Å². The Balaban J connectivity index is 1.81. The van der Waals surface area contributed by atoms with Gasteiger partial charge < -0.3 is 14.7 Å². The molecule has 2 atom stereocenters. The van der Waals surface area contributed by atoms with E-state index in [1.165, 1.54) is 23.3 Å². The molecule has 0 saturated carbocycles. The first-order valence-corrected chi connectivity index (χ1v) is 8.88. The van der Waals surface area contributed by atoms with Crippen molar-refractivity contribution in [1.29, 1.82) is 0 Å². The normalized spacial score (nSPS) is 20.0. The van der Waals surface area contributed by atoms with Crippen LogP contribution in [0.1, 0.15) is 32.4 Å². The van der Waals surface area contributed by atoms with Crippen LogP contribution in [0.5, 0.6) is 0 Å². The Morgan fingerprint density at radius 1 is 1.36 bits per heavy atom. The predicted octanol–water partition coefficient (Wildman–Crippen LogP) is 2.36. The van der Waals surface area contributed by atoms with E-state index in [9.17, 15) is 14.7 Å². The fraction of sp³-hybridized carbons (Fsp3) is 0.389. The minimum Gasteiger partial charge on any atom is -0.480 e. The molecule has 0 radical (unpaired) electrons. The molecule has 1 aliphatic rings. The van der Waals surface area contributed by atoms with Gasteiger partial charge in [0.15, 0.2) is 0 Å². The zero-order chi connectivity index (χ0) is 18.0. The third-order valence-corrected chi connectivity index (χ3v) is 5.52. The molecule has 1 saturated heterocycles. The molecule has 1 amide bonds. The molecule has 2 heterocycles. The average molecular weight is 360 g/mol. The number of hydrogen-bond acceptors (Lipinski definition) is 5. The van der Waals surface area contributed by atoms with Crippen LogP contribution < -0.4 is 0 Å². The van der Waals surface area contributed by atoms with Crippen molar-refractivity contribution in [2.75, 3.05) is 13.7 Å². The van der Waals surface area contributed by atoms with Gasteiger partial charge in [0.05, 0.1) is 16.8 Å². The number of nitrogens with zero attached hydrogens (tertiary/aromatic N) is 2. The minimum atomic E-state index is -1.00. The lowest BCUT2D eigenvalue weighted by molar-refractivity contribution is -0.141. The Bertz CT molecular complexity index is 775. The van der Waals surface area contributed by atoms with Crippen LogP contribution in [0.4, 0.5) is 0 Å². The van der Waals surface area contributed by atoms with Crippen molar-refractivity contribution in [1.82, 2.24) is 9.88 Å². The zero-order valence-corrected chi connectivity index (χ0v) is 15.0. The molecule has 1 N–H and O–H groups in total. The van der Waals surface area contributed by atoms with Crippen molar-refractivity contribution in [3.63, 3.8) is 0 Å². The molecular formula is C18H20N2O4S. The van der Waals surface area contributed by atoms with Gasteiger partial charge in [0.2, 0.25) is 0 Å². The molecule has 3 rings (SSSR count). The molecule has 7 heteroatoms. The highest BCUT2D eigenvalue weighted by molar-refractivity contribution is 7.13. The smallest absolute Gasteiger partial charge is 0.326 e. The first-order valence-electron chi connectivity index (χ1n) is 8.06. The Hall–Kier alpha value is -2.25. The third-order valence-electron chi connectivity index (χ3n) is 4.38. The maximum Gasteiger partial charge on any atom is 0.326 e. The highest BCUT2D eigenvalue weighted by Crippen LogP contribution is 2.27. The molecule has 1 aromatic heterocycles. The van der Waals surface area contributed by atoms with E-state index < -0.39 is 12.0 Å². The zero-order valence-electron chi connectivity index (χ0n) is 14.1. The lowest BCUT2D eigenvalue weighted by Crippen LogP contribution is -2.40. The summed E-state index contributed by atoms with van der Waals surface area (Å²) < 4.78 is 5.25. The first kappa shape index (κ1) is 17.6. The average Bonchev–Trinajstić information content (AvgIpc) is 3.19. The second-order valence-corrected chi connectivity index (χ2v) is 7.17. The van der Waals surface area contributed by atoms with Gasteiger partial charge in [-0.3, -0.25) is 4.79 Å². The van der Waals surface area contributed by atoms with E-state index >= 15 is 0 Å². The number of carboxylic acids is 1. The number of carboxylic acid groups (broad SMARTS) is 1. The van der Waals surface area contributed by atoms with Crippen molar-refractivity contribution >= 4 is 23.2 Å². The molecule has 2 aromatic rings. The lowest BCUT2D eigenvalue weighted by Gasteiger charge is -2.20. The molecule has 1 aromatic carbocycles. The third kappa shape index (κ3) is 3.72. The van der Waals surface area contributed by atoms with Crippen LogP contribution in [0.3, 0.4) is 0 Å². The molecule has 132 valence electrons. The maximum atomic E-state index is 12.9. The number of ether oxygens (including phenoxy) is 1. The van der Waals surface area contributed by atoms with Gasteiger partial charge in [0, 0.05) is 26.5 Å². The summed E-state index contributed by atoms with van der Waals surface area (Å²) in [5, 5.41) is 10.2. The highest BCUT2D eigenvalue weighted by Gasteiger charge is 2.41. The second kappa shape index (κ2) is 7.33. The van der Waals surface area contributed by atoms with Gasteiger partial charge in [0.1, 0.15) is 10.9 Å². The molecule has 1 aliphatic heterocycles. The number of aromatic nitrogens is 1. The lowest BCUT2D eigenvalue weighted by atomic mass is 10.2. The molecule has 0 spiro atoms. The number of likely N-dealkylation sites (tertiary alicyclic amines) is 1. The molecule has 1 fully saturated rings. The minimum absolute atomic E-state index is 0.248. The maximum absolute atomic E-state index is 12.9. The molecular weight excluding hydrogens is 340 g/mol. The molecule has 0 aliphatic carbocycles. The van der Waals surface area contributed by atoms with E-state index in [4.69, 9.17) is 4.74 Å². The van der Waals surface area contributed by atoms with Crippen LogP contribution in [-0.4, -0.2) is 52.7 Å². The molecule has 2 unspecified atom stereocenters. The summed E-state index contributed by atoms with van der Waals surface area (Å²) in [4.78, 5) is 30.8. The van der Waals surface area contributed by atoms with Gasteiger partial charge >= 0.3 is 5.97 Å². The van der Waals surface area contributed by atoms with E-state index in [0.717, 1.165) is 10.6 Å². The molecule has 6 nitrogen and oxygen atoms in total. The summed E-state index contributed by atoms with van der Waals surface area (Å²) in [7, 11) is 1.54. The SMILES string of the molecule is COC1CC(C(=O)O)N(C(=O)c2sc(Cc3ccccc3)nc2C)C1. The summed E-state index contributed by atoms with van der Waals surface area (Å²) in [5.41, 5.74) is 1.77. The Morgan fingerprint density at radius 2 is 2.08 bits per heavy atom. The van der Waals surface area contributed by atoms with E-state index in [-0.39, 0.29) is 18.6 Å². The van der Waals surface area contributed by atoms with Gasteiger partial charge in [0.25, 0.3) is 5.91 Å². The molecule has 25 heavy (non-hydrogen) atoms. The number of aryl methyl sites for hydroxylation is 1. The number of aliphatic carboxylic acids is 1. The number of rotatable bonds is 5. The monoisotopic (exact) mass is 360 g/mol. The van der Waals surface area contributed by atoms with Crippen LogP contribution in [0, 0.1) is 6.92 Å². The van der Waals surface area contributed by atoms with Crippen molar-refractivity contribution < 1.29 is 19.4 Å². The van der Waals surface area contributed by atoms with Gasteiger partial charge in [-0.1, -0.05) is 30.3 Å². The Morgan fingerprint density at radius 3 is 2.72 bits per heavy atom. The highest BCUT2D eigenvalue weighted by atomic mass is 32.1. The largest absolute Gasteiger partial charge is 0.480 e. The number of thiazole rings is 1. The number of amides is 1. The predicted molar refractivity (Wildman–Crippen MR) is 94.0 cm³/mol. The summed E-state index contributed by atoms with van der Waals surface area (Å²) in [6.07, 6.45) is 0.719. The van der Waals surface area contributed by atoms with Gasteiger partial charge in [-0.05, 0) is 12.5 Å². The number of methoxy groups -OCH3 is 1. The quantitative estimate of drug-likeness (QED) is 0.885. The first-order chi connectivity index (χ1) is 12.0. The van der Waals surface area contributed by atoms with Crippen LogP contribution in [0.2, 0.25) is 0 Å². The van der Waals surface area contributed by atoms with Crippen molar-refractivity contribution in [3.05, 3.63) is 51.5 Å². The Kier molecular flexibility index (Phi) is 5.15. The number of carbonyl (C=O) groups is 2. The summed E-state index contributed by atoms with van der Waals surface area (Å²) >= 11 is 1.34. The molecule has 0 bridgehead atoms. The fourth-order valence-corrected chi connectivity index (χ4v) is 4.11. The van der Waals surface area contributed by atoms with E-state index in [1.54, 1.807) is 6.92 Å². The van der Waals surface area contributed by atoms with E-state index in [0.29, 0.717) is 23.4 Å². The van der Waals surface area contributed by atoms with Crippen molar-refractivity contribution in [3.8, 4) is 0 Å².